The highest BCUT2D eigenvalue weighted by Crippen LogP contribution is 2.27. The number of aromatic nitrogens is 3. The minimum absolute atomic E-state index is 0.0473. The van der Waals surface area contributed by atoms with E-state index in [0.29, 0.717) is 29.3 Å². The molecule has 0 radical (unpaired) electrons. The molecule has 0 bridgehead atoms. The molecule has 2 N–H and O–H groups in total. The van der Waals surface area contributed by atoms with Gasteiger partial charge in [0, 0.05) is 23.7 Å². The summed E-state index contributed by atoms with van der Waals surface area (Å²) in [7, 11) is -3.36. The normalized spacial score (nSPS) is 12.2. The van der Waals surface area contributed by atoms with Crippen molar-refractivity contribution in [1.29, 1.82) is 0 Å². The summed E-state index contributed by atoms with van der Waals surface area (Å²) in [6.07, 6.45) is 1.43. The second kappa shape index (κ2) is 8.41. The predicted octanol–water partition coefficient (Wildman–Crippen LogP) is 4.11. The fourth-order valence-corrected chi connectivity index (χ4v) is 4.06. The molecule has 7 nitrogen and oxygen atoms in total. The van der Waals surface area contributed by atoms with Gasteiger partial charge >= 0.3 is 0 Å². The minimum atomic E-state index is -3.36. The van der Waals surface area contributed by atoms with E-state index in [1.54, 1.807) is 44.2 Å². The lowest BCUT2D eigenvalue weighted by Gasteiger charge is -2.08. The first kappa shape index (κ1) is 19.6. The van der Waals surface area contributed by atoms with E-state index in [9.17, 15) is 8.42 Å². The van der Waals surface area contributed by atoms with Crippen LogP contribution in [0.1, 0.15) is 20.8 Å². The van der Waals surface area contributed by atoms with E-state index in [1.807, 2.05) is 24.3 Å². The van der Waals surface area contributed by atoms with E-state index in [2.05, 4.69) is 15.1 Å². The summed E-state index contributed by atoms with van der Waals surface area (Å²) < 4.78 is 38.3. The molecule has 0 saturated carbocycles. The summed E-state index contributed by atoms with van der Waals surface area (Å²) in [6, 6.07) is 15.8. The molecule has 0 amide bonds. The number of hydrogen-bond donors (Lipinski definition) is 1. The van der Waals surface area contributed by atoms with E-state index < -0.39 is 15.1 Å². The smallest absolute Gasteiger partial charge is 0.187 e. The Labute approximate surface area is 182 Å². The van der Waals surface area contributed by atoms with Crippen LogP contribution in [0, 0.1) is 0 Å². The second-order valence-corrected chi connectivity index (χ2v) is 9.82. The van der Waals surface area contributed by atoms with Crippen LogP contribution >= 0.6 is 0 Å². The zero-order valence-electron chi connectivity index (χ0n) is 18.1. The Bertz CT molecular complexity index is 1350. The highest BCUT2D eigenvalue weighted by atomic mass is 32.2. The maximum Gasteiger partial charge on any atom is 0.187 e. The number of rotatable bonds is 6. The second-order valence-electron chi connectivity index (χ2n) is 7.31. The van der Waals surface area contributed by atoms with Crippen molar-refractivity contribution < 1.29 is 14.3 Å². The Hall–Kier alpha value is -3.36. The largest absolute Gasteiger partial charge is 0.354 e. The van der Waals surface area contributed by atoms with Crippen LogP contribution in [0.5, 0.6) is 0 Å². The van der Waals surface area contributed by atoms with Crippen molar-refractivity contribution >= 4 is 9.84 Å². The summed E-state index contributed by atoms with van der Waals surface area (Å²) in [4.78, 5) is 8.90. The molecule has 0 spiro atoms. The van der Waals surface area contributed by atoms with Gasteiger partial charge in [-0.05, 0) is 31.5 Å². The van der Waals surface area contributed by atoms with Crippen molar-refractivity contribution in [2.45, 2.75) is 30.5 Å². The van der Waals surface area contributed by atoms with Crippen LogP contribution in [0.15, 0.2) is 76.4 Å². The van der Waals surface area contributed by atoms with Crippen molar-refractivity contribution in [1.82, 2.24) is 15.1 Å². The third-order valence-corrected chi connectivity index (χ3v) is 7.09. The predicted molar refractivity (Wildman–Crippen MR) is 119 cm³/mol. The van der Waals surface area contributed by atoms with Crippen molar-refractivity contribution in [3.8, 4) is 34.0 Å². The molecule has 0 saturated heterocycles. The molecular weight excluding hydrogens is 412 g/mol. The van der Waals surface area contributed by atoms with Crippen LogP contribution in [0.25, 0.3) is 34.0 Å². The van der Waals surface area contributed by atoms with Gasteiger partial charge in [0.25, 0.3) is 0 Å². The van der Waals surface area contributed by atoms with Gasteiger partial charge in [-0.3, -0.25) is 4.98 Å². The van der Waals surface area contributed by atoms with Gasteiger partial charge in [-0.1, -0.05) is 41.6 Å². The number of hydrogen-bond acceptors (Lipinski definition) is 7. The standard InChI is InChI=1S/C23H22N4O3S/c1-15(2)31(28,29)19-9-7-18(8-10-19)21-13-25-14-22(26-21)23-11-20(27-30-23)17-5-3-16(12-24)4-6-17/h3-11,13-15H,12,24H2,1-2H3/i14D. The molecular formula is C23H22N4O3S. The third kappa shape index (κ3) is 4.26. The van der Waals surface area contributed by atoms with Gasteiger partial charge in [-0.25, -0.2) is 13.4 Å². The van der Waals surface area contributed by atoms with Crippen LogP contribution in [0.2, 0.25) is 0 Å². The van der Waals surface area contributed by atoms with E-state index >= 15 is 0 Å². The lowest BCUT2D eigenvalue weighted by molar-refractivity contribution is 0.433. The highest BCUT2D eigenvalue weighted by Gasteiger charge is 2.19. The Morgan fingerprint density at radius 3 is 2.29 bits per heavy atom. The Morgan fingerprint density at radius 2 is 1.65 bits per heavy atom. The molecule has 0 fully saturated rings. The molecule has 0 unspecified atom stereocenters. The maximum atomic E-state index is 12.3. The minimum Gasteiger partial charge on any atom is -0.354 e. The molecule has 2 heterocycles. The number of sulfone groups is 1. The topological polar surface area (TPSA) is 112 Å². The fraction of sp³-hybridized carbons (Fsp3) is 0.174. The molecule has 0 aliphatic rings. The van der Waals surface area contributed by atoms with Crippen molar-refractivity contribution in [2.24, 2.45) is 5.73 Å². The molecule has 0 atom stereocenters. The van der Waals surface area contributed by atoms with Gasteiger partial charge < -0.3 is 10.3 Å². The Morgan fingerprint density at radius 1 is 1.00 bits per heavy atom. The third-order valence-electron chi connectivity index (χ3n) is 4.92. The van der Waals surface area contributed by atoms with Gasteiger partial charge in [0.1, 0.15) is 11.4 Å². The quantitative estimate of drug-likeness (QED) is 0.485. The van der Waals surface area contributed by atoms with E-state index in [-0.39, 0.29) is 16.8 Å². The van der Waals surface area contributed by atoms with E-state index in [0.717, 1.165) is 11.1 Å². The van der Waals surface area contributed by atoms with Crippen LogP contribution in [0.3, 0.4) is 0 Å². The summed E-state index contributed by atoms with van der Waals surface area (Å²) in [5.74, 6) is 0.321. The SMILES string of the molecule is [2H]c1ncc(-c2ccc(S(=O)(=O)C(C)C)cc2)nc1-c1cc(-c2ccc(CN)cc2)no1. The maximum absolute atomic E-state index is 12.3. The summed E-state index contributed by atoms with van der Waals surface area (Å²) in [5.41, 5.74) is 9.54. The Kier molecular flexibility index (Phi) is 5.31. The highest BCUT2D eigenvalue weighted by molar-refractivity contribution is 7.92. The Balaban J connectivity index is 1.66. The number of nitrogens with two attached hydrogens (primary N) is 1. The van der Waals surface area contributed by atoms with Crippen LogP contribution < -0.4 is 5.73 Å². The van der Waals surface area contributed by atoms with Gasteiger partial charge in [0.15, 0.2) is 15.6 Å². The zero-order chi connectivity index (χ0) is 22.9. The molecule has 0 aliphatic carbocycles. The van der Waals surface area contributed by atoms with Crippen molar-refractivity contribution in [2.75, 3.05) is 0 Å². The first-order valence-electron chi connectivity index (χ1n) is 10.2. The first-order valence-corrected chi connectivity index (χ1v) is 11.3. The number of nitrogens with zero attached hydrogens (tertiary/aromatic N) is 3. The average molecular weight is 436 g/mol. The van der Waals surface area contributed by atoms with E-state index in [4.69, 9.17) is 11.6 Å². The lowest BCUT2D eigenvalue weighted by atomic mass is 10.1. The van der Waals surface area contributed by atoms with Gasteiger partial charge in [0.05, 0.1) is 29.6 Å². The van der Waals surface area contributed by atoms with Crippen molar-refractivity contribution in [3.05, 3.63) is 72.5 Å². The molecule has 0 aliphatic heterocycles. The van der Waals surface area contributed by atoms with E-state index in [1.165, 1.54) is 6.20 Å². The summed E-state index contributed by atoms with van der Waals surface area (Å²) >= 11 is 0. The number of benzene rings is 2. The van der Waals surface area contributed by atoms with Gasteiger partial charge in [-0.15, -0.1) is 0 Å². The molecule has 4 aromatic rings. The van der Waals surface area contributed by atoms with Crippen LogP contribution in [-0.4, -0.2) is 28.8 Å². The summed E-state index contributed by atoms with van der Waals surface area (Å²) in [6.45, 7) is 3.75. The lowest BCUT2D eigenvalue weighted by Crippen LogP contribution is -2.13. The average Bonchev–Trinajstić information content (AvgIpc) is 3.29. The molecule has 158 valence electrons. The molecule has 4 rings (SSSR count). The van der Waals surface area contributed by atoms with Crippen LogP contribution in [0.4, 0.5) is 0 Å². The monoisotopic (exact) mass is 435 g/mol. The molecule has 31 heavy (non-hydrogen) atoms. The summed E-state index contributed by atoms with van der Waals surface area (Å²) in [5, 5.41) is 3.59. The van der Waals surface area contributed by atoms with Gasteiger partial charge in [0.2, 0.25) is 0 Å². The first-order chi connectivity index (χ1) is 15.3. The molecule has 2 aromatic carbocycles. The molecule has 2 aromatic heterocycles. The van der Waals surface area contributed by atoms with Gasteiger partial charge in [-0.2, -0.15) is 0 Å². The van der Waals surface area contributed by atoms with Crippen molar-refractivity contribution in [3.63, 3.8) is 0 Å². The zero-order valence-corrected chi connectivity index (χ0v) is 17.9. The molecule has 8 heteroatoms. The fourth-order valence-electron chi connectivity index (χ4n) is 3.00. The van der Waals surface area contributed by atoms with Crippen LogP contribution in [-0.2, 0) is 16.4 Å².